The normalized spacial score (nSPS) is 25.9. The number of hydrogen-bond acceptors (Lipinski definition) is 6. The molecule has 7 nitrogen and oxygen atoms in total. The molecule has 0 saturated carbocycles. The van der Waals surface area contributed by atoms with E-state index in [0.29, 0.717) is 11.2 Å². The van der Waals surface area contributed by atoms with Gasteiger partial charge in [-0.1, -0.05) is 6.07 Å². The van der Waals surface area contributed by atoms with Crippen LogP contribution in [0.15, 0.2) is 42.7 Å². The van der Waals surface area contributed by atoms with Crippen molar-refractivity contribution in [2.45, 2.75) is 37.6 Å². The van der Waals surface area contributed by atoms with Crippen molar-refractivity contribution in [1.82, 2.24) is 9.55 Å². The van der Waals surface area contributed by atoms with Gasteiger partial charge in [-0.25, -0.2) is 9.37 Å². The van der Waals surface area contributed by atoms with Gasteiger partial charge < -0.3 is 29.4 Å². The van der Waals surface area contributed by atoms with Gasteiger partial charge in [0, 0.05) is 17.8 Å². The molecule has 0 radical (unpaired) electrons. The second kappa shape index (κ2) is 7.14. The molecular weight excluding hydrogens is 367 g/mol. The fourth-order valence-electron chi connectivity index (χ4n) is 3.62. The summed E-state index contributed by atoms with van der Waals surface area (Å²) in [5.41, 5.74) is 1.93. The van der Waals surface area contributed by atoms with Crippen molar-refractivity contribution < 1.29 is 29.2 Å². The van der Waals surface area contributed by atoms with Crippen LogP contribution < -0.4 is 4.74 Å². The molecule has 0 aliphatic carbocycles. The Bertz CT molecular complexity index is 1010. The fraction of sp³-hybridized carbons (Fsp3) is 0.350. The largest absolute Gasteiger partial charge is 0.494 e. The van der Waals surface area contributed by atoms with Crippen LogP contribution >= 0.6 is 0 Å². The molecule has 148 valence electrons. The molecule has 2 aromatic heterocycles. The van der Waals surface area contributed by atoms with E-state index in [1.54, 1.807) is 17.0 Å². The second-order valence-electron chi connectivity index (χ2n) is 6.90. The fourth-order valence-corrected chi connectivity index (χ4v) is 3.62. The lowest BCUT2D eigenvalue weighted by Crippen LogP contribution is -2.34. The van der Waals surface area contributed by atoms with Crippen LogP contribution in [0.1, 0.15) is 23.5 Å². The van der Waals surface area contributed by atoms with Crippen molar-refractivity contribution in [3.63, 3.8) is 0 Å². The number of ether oxygens (including phenoxy) is 2. The van der Waals surface area contributed by atoms with Gasteiger partial charge in [0.15, 0.2) is 17.8 Å². The summed E-state index contributed by atoms with van der Waals surface area (Å²) in [6.45, 7) is 1.95. The summed E-state index contributed by atoms with van der Waals surface area (Å²) in [5, 5.41) is 32.6. The van der Waals surface area contributed by atoms with Crippen LogP contribution in [-0.2, 0) is 4.74 Å². The zero-order valence-electron chi connectivity index (χ0n) is 15.4. The number of aromatic nitrogens is 2. The summed E-state index contributed by atoms with van der Waals surface area (Å²) < 4.78 is 26.0. The van der Waals surface area contributed by atoms with Crippen molar-refractivity contribution >= 4 is 11.0 Å². The Balaban J connectivity index is 1.65. The lowest BCUT2D eigenvalue weighted by molar-refractivity contribution is -0.0848. The number of rotatable bonds is 4. The van der Waals surface area contributed by atoms with Gasteiger partial charge in [-0.3, -0.25) is 0 Å². The number of pyridine rings is 1. The Morgan fingerprint density at radius 3 is 2.75 bits per heavy atom. The minimum absolute atomic E-state index is 0.0304. The van der Waals surface area contributed by atoms with Gasteiger partial charge in [0.05, 0.1) is 7.11 Å². The summed E-state index contributed by atoms with van der Waals surface area (Å²) in [4.78, 5) is 4.34. The first-order chi connectivity index (χ1) is 13.4. The quantitative estimate of drug-likeness (QED) is 0.631. The molecule has 3 N–H and O–H groups in total. The monoisotopic (exact) mass is 388 g/mol. The Morgan fingerprint density at radius 1 is 1.21 bits per heavy atom. The number of nitrogens with zero attached hydrogens (tertiary/aromatic N) is 2. The van der Waals surface area contributed by atoms with Crippen LogP contribution in [0.3, 0.4) is 0 Å². The molecule has 1 aliphatic heterocycles. The first-order valence-corrected chi connectivity index (χ1v) is 8.87. The Kier molecular flexibility index (Phi) is 4.80. The van der Waals surface area contributed by atoms with E-state index in [9.17, 15) is 19.7 Å². The molecule has 1 fully saturated rings. The third-order valence-electron chi connectivity index (χ3n) is 5.21. The molecule has 1 saturated heterocycles. The lowest BCUT2D eigenvalue weighted by Gasteiger charge is -2.22. The number of halogens is 1. The average molecular weight is 388 g/mol. The summed E-state index contributed by atoms with van der Waals surface area (Å²) in [7, 11) is 1.32. The standard InChI is InChI=1S/C20H21FN2O5/c1-10-5-7-22-19-12(10)6-8-23(19)20-17(26)16(25)18(28-20)15(24)11-3-4-13(21)14(9-11)27-2/h3-9,15-18,20,24-26H,1-2H3/t15-,16+,17-,18-,20-/m1/s1. The molecule has 8 heteroatoms. The van der Waals surface area contributed by atoms with Crippen LogP contribution in [0.25, 0.3) is 11.0 Å². The molecule has 1 aliphatic rings. The highest BCUT2D eigenvalue weighted by atomic mass is 19.1. The van der Waals surface area contributed by atoms with Gasteiger partial charge in [0.25, 0.3) is 0 Å². The van der Waals surface area contributed by atoms with E-state index in [-0.39, 0.29) is 5.75 Å². The number of methoxy groups -OCH3 is 1. The van der Waals surface area contributed by atoms with Gasteiger partial charge in [0.1, 0.15) is 30.1 Å². The number of aliphatic hydroxyl groups excluding tert-OH is 3. The molecule has 5 atom stereocenters. The summed E-state index contributed by atoms with van der Waals surface area (Å²) in [5.74, 6) is -0.596. The smallest absolute Gasteiger partial charge is 0.165 e. The molecule has 0 unspecified atom stereocenters. The number of aliphatic hydroxyl groups is 3. The number of fused-ring (bicyclic) bond motifs is 1. The first kappa shape index (κ1) is 18.8. The summed E-state index contributed by atoms with van der Waals surface area (Å²) >= 11 is 0. The van der Waals surface area contributed by atoms with Gasteiger partial charge >= 0.3 is 0 Å². The molecule has 0 bridgehead atoms. The van der Waals surface area contributed by atoms with Crippen LogP contribution in [0.2, 0.25) is 0 Å². The number of hydrogen-bond donors (Lipinski definition) is 3. The van der Waals surface area contributed by atoms with Crippen molar-refractivity contribution in [2.24, 2.45) is 0 Å². The summed E-state index contributed by atoms with van der Waals surface area (Å²) in [6.07, 6.45) is -2.58. The van der Waals surface area contributed by atoms with Crippen LogP contribution in [0, 0.1) is 12.7 Å². The predicted molar refractivity (Wildman–Crippen MR) is 98.3 cm³/mol. The zero-order chi connectivity index (χ0) is 20.0. The van der Waals surface area contributed by atoms with Crippen molar-refractivity contribution in [3.05, 3.63) is 59.7 Å². The number of aryl methyl sites for hydroxylation is 1. The first-order valence-electron chi connectivity index (χ1n) is 8.87. The molecule has 0 amide bonds. The zero-order valence-corrected chi connectivity index (χ0v) is 15.4. The van der Waals surface area contributed by atoms with Crippen LogP contribution in [-0.4, -0.2) is 50.3 Å². The molecule has 3 aromatic rings. The number of benzene rings is 1. The van der Waals surface area contributed by atoms with Crippen LogP contribution in [0.4, 0.5) is 4.39 Å². The van der Waals surface area contributed by atoms with E-state index in [1.165, 1.54) is 25.3 Å². The lowest BCUT2D eigenvalue weighted by atomic mass is 9.99. The Hall–Kier alpha value is -2.52. The minimum atomic E-state index is -1.35. The molecule has 3 heterocycles. The minimum Gasteiger partial charge on any atom is -0.494 e. The molecule has 0 spiro atoms. The maximum Gasteiger partial charge on any atom is 0.165 e. The highest BCUT2D eigenvalue weighted by Gasteiger charge is 2.47. The molecular formula is C20H21FN2O5. The van der Waals surface area contributed by atoms with E-state index < -0.39 is 36.5 Å². The topological polar surface area (TPSA) is 97.0 Å². The molecule has 1 aromatic carbocycles. The Morgan fingerprint density at radius 2 is 2.00 bits per heavy atom. The Labute approximate surface area is 160 Å². The second-order valence-corrected chi connectivity index (χ2v) is 6.90. The predicted octanol–water partition coefficient (Wildman–Crippen LogP) is 1.85. The SMILES string of the molecule is COc1cc([C@@H](O)[C@H]2O[C@@H](n3ccc4c(C)ccnc43)[C@H](O)[C@@H]2O)ccc1F. The van der Waals surface area contributed by atoms with Gasteiger partial charge in [-0.05, 0) is 42.3 Å². The average Bonchev–Trinajstić information content (AvgIpc) is 3.24. The highest BCUT2D eigenvalue weighted by Crippen LogP contribution is 2.38. The van der Waals surface area contributed by atoms with Gasteiger partial charge in [0.2, 0.25) is 0 Å². The van der Waals surface area contributed by atoms with Gasteiger partial charge in [-0.15, -0.1) is 0 Å². The van der Waals surface area contributed by atoms with E-state index in [1.807, 2.05) is 19.1 Å². The van der Waals surface area contributed by atoms with E-state index in [0.717, 1.165) is 10.9 Å². The van der Waals surface area contributed by atoms with Crippen molar-refractivity contribution in [1.29, 1.82) is 0 Å². The maximum absolute atomic E-state index is 13.6. The molecule has 28 heavy (non-hydrogen) atoms. The van der Waals surface area contributed by atoms with Crippen molar-refractivity contribution in [3.8, 4) is 5.75 Å². The third-order valence-corrected chi connectivity index (χ3v) is 5.21. The highest BCUT2D eigenvalue weighted by molar-refractivity contribution is 5.79. The molecule has 4 rings (SSSR count). The van der Waals surface area contributed by atoms with Crippen LogP contribution in [0.5, 0.6) is 5.75 Å². The summed E-state index contributed by atoms with van der Waals surface area (Å²) in [6, 6.07) is 7.62. The van der Waals surface area contributed by atoms with E-state index >= 15 is 0 Å². The van der Waals surface area contributed by atoms with Gasteiger partial charge in [-0.2, -0.15) is 0 Å². The third kappa shape index (κ3) is 2.94. The van der Waals surface area contributed by atoms with Crippen molar-refractivity contribution in [2.75, 3.05) is 7.11 Å². The van der Waals surface area contributed by atoms with E-state index in [4.69, 9.17) is 9.47 Å². The maximum atomic E-state index is 13.6. The van der Waals surface area contributed by atoms with E-state index in [2.05, 4.69) is 4.98 Å².